The summed E-state index contributed by atoms with van der Waals surface area (Å²) in [5.74, 6) is 6.27. The maximum absolute atomic E-state index is 4.94. The summed E-state index contributed by atoms with van der Waals surface area (Å²) in [7, 11) is 0. The molecular weight excluding hydrogens is 1060 g/mol. The van der Waals surface area contributed by atoms with E-state index in [0.717, 1.165) is 112 Å². The molecule has 0 aliphatic rings. The Kier molecular flexibility index (Phi) is 15.7. The third-order valence-electron chi connectivity index (χ3n) is 14.0. The number of rotatable bonds is 11. The van der Waals surface area contributed by atoms with E-state index in [4.69, 9.17) is 29.9 Å². The van der Waals surface area contributed by atoms with Gasteiger partial charge in [-0.3, -0.25) is 0 Å². The first-order chi connectivity index (χ1) is 41.8. The van der Waals surface area contributed by atoms with Gasteiger partial charge in [-0.2, -0.15) is 0 Å². The summed E-state index contributed by atoms with van der Waals surface area (Å²) in [5, 5.41) is 0. The third kappa shape index (κ3) is 12.9. The van der Waals surface area contributed by atoms with E-state index in [1.54, 1.807) is 0 Å². The molecule has 0 spiro atoms. The SMILES string of the molecule is Cc1cc(C)nc(-c2ccc(-c3nc(-c4ccc(-c5ccccc5)cc4)nc(-c4ccc(-c5nc(C)cc(C)n5)cc4)n3)cc2)n1.Cc1cc(C)nc(-c2cccc(-c3nc(-c4ccccc4)nc(-c4cccc(-c5nc(C)cc(C)n5)c4)n3)c2)n1. The van der Waals surface area contributed by atoms with Crippen molar-refractivity contribution < 1.29 is 0 Å². The first-order valence-corrected chi connectivity index (χ1v) is 28.2. The average molecular weight is 1120 g/mol. The van der Waals surface area contributed by atoms with E-state index in [2.05, 4.69) is 76.3 Å². The van der Waals surface area contributed by atoms with E-state index >= 15 is 0 Å². The zero-order chi connectivity index (χ0) is 59.3. The lowest BCUT2D eigenvalue weighted by Crippen LogP contribution is -2.01. The summed E-state index contributed by atoms with van der Waals surface area (Å²) >= 11 is 0. The Bertz CT molecular complexity index is 4290. The second kappa shape index (κ2) is 24.4. The van der Waals surface area contributed by atoms with E-state index in [9.17, 15) is 0 Å². The molecule has 0 saturated heterocycles. The molecule has 6 aromatic heterocycles. The van der Waals surface area contributed by atoms with Gasteiger partial charge in [-0.05, 0) is 103 Å². The fraction of sp³-hybridized carbons (Fsp3) is 0.111. The molecule has 0 bridgehead atoms. The highest BCUT2D eigenvalue weighted by molar-refractivity contribution is 5.75. The molecule has 86 heavy (non-hydrogen) atoms. The monoisotopic (exact) mass is 1120 g/mol. The van der Waals surface area contributed by atoms with Crippen LogP contribution in [0.2, 0.25) is 0 Å². The van der Waals surface area contributed by atoms with Gasteiger partial charge in [0.05, 0.1) is 0 Å². The van der Waals surface area contributed by atoms with Gasteiger partial charge in [0.25, 0.3) is 0 Å². The van der Waals surface area contributed by atoms with Crippen LogP contribution in [0.1, 0.15) is 45.6 Å². The Morgan fingerprint density at radius 3 is 0.558 bits per heavy atom. The quantitative estimate of drug-likeness (QED) is 0.119. The van der Waals surface area contributed by atoms with E-state index in [-0.39, 0.29) is 0 Å². The minimum Gasteiger partial charge on any atom is -0.233 e. The molecule has 14 heteroatoms. The molecule has 0 radical (unpaired) electrons. The normalized spacial score (nSPS) is 11.0. The molecule has 0 amide bonds. The summed E-state index contributed by atoms with van der Waals surface area (Å²) in [4.78, 5) is 66.6. The van der Waals surface area contributed by atoms with Gasteiger partial charge in [-0.15, -0.1) is 0 Å². The molecule has 13 aromatic rings. The molecule has 0 N–H and O–H groups in total. The molecule has 0 saturated carbocycles. The molecule has 0 aliphatic heterocycles. The zero-order valence-corrected chi connectivity index (χ0v) is 48.9. The van der Waals surface area contributed by atoms with Gasteiger partial charge in [0, 0.05) is 101 Å². The summed E-state index contributed by atoms with van der Waals surface area (Å²) < 4.78 is 0. The van der Waals surface area contributed by atoms with Gasteiger partial charge < -0.3 is 0 Å². The van der Waals surface area contributed by atoms with Crippen LogP contribution in [0.5, 0.6) is 0 Å². The predicted molar refractivity (Wildman–Crippen MR) is 340 cm³/mol. The van der Waals surface area contributed by atoms with E-state index < -0.39 is 0 Å². The zero-order valence-electron chi connectivity index (χ0n) is 48.9. The molecule has 0 atom stereocenters. The summed E-state index contributed by atoms with van der Waals surface area (Å²) in [6, 6.07) is 68.6. The molecular formula is C72H58N14. The standard InChI is InChI=1S/C39H31N7.C33H27N7/c1-24-22-25(2)41-35(40-24)30-14-18-33(19-15-30)38-44-37(32-12-10-29(11-13-32)28-8-6-5-7-9-28)45-39(46-38)34-20-16-31(17-21-34)36-42-26(3)23-27(4)43-36;1-20-16-21(2)35-30(34-20)25-12-8-14-27(18-25)32-38-29(24-10-6-5-7-11-24)39-33(40-32)28-15-9-13-26(19-28)31-36-22(3)17-23(4)37-31/h5-23H,1-4H3;5-19H,1-4H3. The number of aromatic nitrogens is 14. The maximum Gasteiger partial charge on any atom is 0.164 e. The Labute approximate surface area is 499 Å². The van der Waals surface area contributed by atoms with Crippen LogP contribution in [-0.4, -0.2) is 69.8 Å². The lowest BCUT2D eigenvalue weighted by atomic mass is 10.0. The van der Waals surface area contributed by atoms with Crippen molar-refractivity contribution in [1.82, 2.24) is 69.8 Å². The molecule has 0 unspecified atom stereocenters. The fourth-order valence-electron chi connectivity index (χ4n) is 10.1. The second-order valence-electron chi connectivity index (χ2n) is 21.1. The molecule has 13 rings (SSSR count). The molecule has 7 aromatic carbocycles. The van der Waals surface area contributed by atoms with Crippen LogP contribution in [0.4, 0.5) is 0 Å². The van der Waals surface area contributed by atoms with Gasteiger partial charge in [-0.1, -0.05) is 170 Å². The lowest BCUT2D eigenvalue weighted by Gasteiger charge is -2.10. The molecule has 416 valence electrons. The van der Waals surface area contributed by atoms with Crippen LogP contribution in [0, 0.1) is 55.4 Å². The van der Waals surface area contributed by atoms with Gasteiger partial charge >= 0.3 is 0 Å². The van der Waals surface area contributed by atoms with Crippen molar-refractivity contribution in [3.05, 3.63) is 252 Å². The molecule has 14 nitrogen and oxygen atoms in total. The van der Waals surface area contributed by atoms with Crippen molar-refractivity contribution in [3.63, 3.8) is 0 Å². The number of hydrogen-bond donors (Lipinski definition) is 0. The van der Waals surface area contributed by atoms with Gasteiger partial charge in [0.1, 0.15) is 0 Å². The van der Waals surface area contributed by atoms with Crippen molar-refractivity contribution in [2.24, 2.45) is 0 Å². The van der Waals surface area contributed by atoms with Crippen LogP contribution in [-0.2, 0) is 0 Å². The van der Waals surface area contributed by atoms with Crippen molar-refractivity contribution in [1.29, 1.82) is 0 Å². The Morgan fingerprint density at radius 2 is 0.302 bits per heavy atom. The Morgan fingerprint density at radius 1 is 0.140 bits per heavy atom. The number of hydrogen-bond acceptors (Lipinski definition) is 14. The highest BCUT2D eigenvalue weighted by Crippen LogP contribution is 2.32. The first-order valence-electron chi connectivity index (χ1n) is 28.2. The summed E-state index contributed by atoms with van der Waals surface area (Å²) in [5.41, 5.74) is 18.7. The third-order valence-corrected chi connectivity index (χ3v) is 14.0. The van der Waals surface area contributed by atoms with E-state index in [0.29, 0.717) is 58.2 Å². The summed E-state index contributed by atoms with van der Waals surface area (Å²) in [6.07, 6.45) is 0. The molecule has 6 heterocycles. The van der Waals surface area contributed by atoms with Crippen LogP contribution in [0.15, 0.2) is 206 Å². The van der Waals surface area contributed by atoms with Gasteiger partial charge in [0.15, 0.2) is 58.2 Å². The smallest absolute Gasteiger partial charge is 0.164 e. The fourth-order valence-corrected chi connectivity index (χ4v) is 10.1. The van der Waals surface area contributed by atoms with Crippen molar-refractivity contribution in [2.75, 3.05) is 0 Å². The number of nitrogens with zero attached hydrogens (tertiary/aromatic N) is 14. The topological polar surface area (TPSA) is 180 Å². The van der Waals surface area contributed by atoms with Gasteiger partial charge in [-0.25, -0.2) is 69.8 Å². The number of benzene rings is 7. The summed E-state index contributed by atoms with van der Waals surface area (Å²) in [6.45, 7) is 15.8. The van der Waals surface area contributed by atoms with Crippen LogP contribution in [0.3, 0.4) is 0 Å². The minimum absolute atomic E-state index is 0.572. The van der Waals surface area contributed by atoms with Crippen LogP contribution >= 0.6 is 0 Å². The average Bonchev–Trinajstić information content (AvgIpc) is 3.43. The second-order valence-corrected chi connectivity index (χ2v) is 21.1. The predicted octanol–water partition coefficient (Wildman–Crippen LogP) is 15.7. The van der Waals surface area contributed by atoms with E-state index in [1.807, 2.05) is 225 Å². The minimum atomic E-state index is 0.572. The van der Waals surface area contributed by atoms with Crippen molar-refractivity contribution >= 4 is 0 Å². The highest BCUT2D eigenvalue weighted by Gasteiger charge is 2.18. The van der Waals surface area contributed by atoms with E-state index in [1.165, 1.54) is 0 Å². The van der Waals surface area contributed by atoms with Gasteiger partial charge in [0.2, 0.25) is 0 Å². The Balaban J connectivity index is 0.000000170. The Hall–Kier alpha value is -11.1. The number of aryl methyl sites for hydroxylation is 8. The van der Waals surface area contributed by atoms with Crippen LogP contribution < -0.4 is 0 Å². The maximum atomic E-state index is 4.94. The largest absolute Gasteiger partial charge is 0.233 e. The van der Waals surface area contributed by atoms with Crippen molar-refractivity contribution in [2.45, 2.75) is 55.4 Å². The molecule has 0 fully saturated rings. The lowest BCUT2D eigenvalue weighted by molar-refractivity contribution is 1.06. The van der Waals surface area contributed by atoms with Crippen molar-refractivity contribution in [3.8, 4) is 125 Å². The van der Waals surface area contributed by atoms with Crippen LogP contribution in [0.25, 0.3) is 125 Å². The molecule has 0 aliphatic carbocycles. The highest BCUT2D eigenvalue weighted by atomic mass is 15.0. The first kappa shape index (κ1) is 55.4.